The number of hydrogen-bond donors (Lipinski definition) is 0. The van der Waals surface area contributed by atoms with Gasteiger partial charge in [-0.3, -0.25) is 0 Å². The second-order valence-electron chi connectivity index (χ2n) is 3.47. The summed E-state index contributed by atoms with van der Waals surface area (Å²) in [6, 6.07) is 14.6. The Morgan fingerprint density at radius 2 is 2.07 bits per heavy atom. The molecular formula is C13H11N. The summed E-state index contributed by atoms with van der Waals surface area (Å²) in [5.41, 5.74) is 2.37. The quantitative estimate of drug-likeness (QED) is 0.662. The molecule has 0 saturated carbocycles. The first kappa shape index (κ1) is 8.77. The van der Waals surface area contributed by atoms with Crippen LogP contribution < -0.4 is 0 Å². The second kappa shape index (κ2) is 3.51. The van der Waals surface area contributed by atoms with E-state index in [0.717, 1.165) is 5.56 Å². The molecular weight excluding hydrogens is 170 g/mol. The molecule has 0 atom stereocenters. The van der Waals surface area contributed by atoms with Crippen LogP contribution in [0.1, 0.15) is 11.1 Å². The first-order chi connectivity index (χ1) is 6.81. The van der Waals surface area contributed by atoms with Crippen molar-refractivity contribution in [2.45, 2.75) is 13.3 Å². The Morgan fingerprint density at radius 1 is 1.21 bits per heavy atom. The van der Waals surface area contributed by atoms with Crippen molar-refractivity contribution in [3.8, 4) is 6.07 Å². The van der Waals surface area contributed by atoms with Gasteiger partial charge < -0.3 is 0 Å². The Bertz CT molecular complexity index is 506. The van der Waals surface area contributed by atoms with Crippen LogP contribution in [-0.4, -0.2) is 0 Å². The monoisotopic (exact) mass is 181 g/mol. The predicted molar refractivity (Wildman–Crippen MR) is 58.0 cm³/mol. The number of hydrogen-bond acceptors (Lipinski definition) is 1. The Morgan fingerprint density at radius 3 is 2.86 bits per heavy atom. The molecule has 1 nitrogen and oxygen atoms in total. The van der Waals surface area contributed by atoms with Crippen LogP contribution in [0.15, 0.2) is 36.4 Å². The van der Waals surface area contributed by atoms with Crippen molar-refractivity contribution in [3.05, 3.63) is 47.5 Å². The number of aryl methyl sites for hydroxylation is 1. The van der Waals surface area contributed by atoms with Crippen molar-refractivity contribution < 1.29 is 0 Å². The number of nitrogens with zero attached hydrogens (tertiary/aromatic N) is 1. The highest BCUT2D eigenvalue weighted by Crippen LogP contribution is 2.19. The molecule has 2 rings (SSSR count). The van der Waals surface area contributed by atoms with Gasteiger partial charge in [-0.2, -0.15) is 5.26 Å². The third-order valence-electron chi connectivity index (χ3n) is 2.45. The van der Waals surface area contributed by atoms with Gasteiger partial charge in [0.2, 0.25) is 0 Å². The minimum Gasteiger partial charge on any atom is -0.198 e. The molecule has 2 aromatic carbocycles. The van der Waals surface area contributed by atoms with Gasteiger partial charge in [0, 0.05) is 0 Å². The third-order valence-corrected chi connectivity index (χ3v) is 2.45. The van der Waals surface area contributed by atoms with Crippen LogP contribution in [0.25, 0.3) is 10.8 Å². The van der Waals surface area contributed by atoms with Crippen LogP contribution in [0, 0.1) is 18.3 Å². The first-order valence-electron chi connectivity index (χ1n) is 4.66. The molecule has 0 fully saturated rings. The normalized spacial score (nSPS) is 10.0. The largest absolute Gasteiger partial charge is 0.198 e. The van der Waals surface area contributed by atoms with Crippen molar-refractivity contribution in [1.82, 2.24) is 0 Å². The fourth-order valence-electron chi connectivity index (χ4n) is 1.70. The molecule has 0 radical (unpaired) electrons. The predicted octanol–water partition coefficient (Wildman–Crippen LogP) is 3.21. The van der Waals surface area contributed by atoms with E-state index in [1.165, 1.54) is 16.3 Å². The summed E-state index contributed by atoms with van der Waals surface area (Å²) in [4.78, 5) is 0. The van der Waals surface area contributed by atoms with E-state index in [1.807, 2.05) is 12.1 Å². The molecule has 14 heavy (non-hydrogen) atoms. The standard InChI is InChI=1S/C13H11N/c1-10-3-2-4-12-9-11(7-8-14)5-6-13(10)12/h2-6,9H,7H2,1H3. The van der Waals surface area contributed by atoms with Gasteiger partial charge in [-0.15, -0.1) is 0 Å². The van der Waals surface area contributed by atoms with Crippen molar-refractivity contribution in [2.24, 2.45) is 0 Å². The van der Waals surface area contributed by atoms with Gasteiger partial charge in [-0.1, -0.05) is 36.4 Å². The Balaban J connectivity index is 2.63. The van der Waals surface area contributed by atoms with Crippen LogP contribution in [0.4, 0.5) is 0 Å². The summed E-state index contributed by atoms with van der Waals surface area (Å²) >= 11 is 0. The maximum atomic E-state index is 8.60. The highest BCUT2D eigenvalue weighted by atomic mass is 14.2. The SMILES string of the molecule is Cc1cccc2cc(CC#N)ccc12. The lowest BCUT2D eigenvalue weighted by atomic mass is 10.0. The van der Waals surface area contributed by atoms with E-state index < -0.39 is 0 Å². The molecule has 0 saturated heterocycles. The molecule has 0 N–H and O–H groups in total. The lowest BCUT2D eigenvalue weighted by Gasteiger charge is -2.02. The van der Waals surface area contributed by atoms with Gasteiger partial charge in [0.1, 0.15) is 0 Å². The molecule has 0 amide bonds. The molecule has 0 aliphatic rings. The number of benzene rings is 2. The molecule has 0 aliphatic carbocycles. The summed E-state index contributed by atoms with van der Waals surface area (Å²) in [6.07, 6.45) is 0.490. The zero-order valence-corrected chi connectivity index (χ0v) is 8.12. The summed E-state index contributed by atoms with van der Waals surface area (Å²) in [5, 5.41) is 11.1. The van der Waals surface area contributed by atoms with Gasteiger partial charge >= 0.3 is 0 Å². The van der Waals surface area contributed by atoms with Crippen LogP contribution in [-0.2, 0) is 6.42 Å². The minimum absolute atomic E-state index is 0.490. The van der Waals surface area contributed by atoms with Gasteiger partial charge in [0.05, 0.1) is 12.5 Å². The summed E-state index contributed by atoms with van der Waals surface area (Å²) in [5.74, 6) is 0. The second-order valence-corrected chi connectivity index (χ2v) is 3.47. The number of rotatable bonds is 1. The smallest absolute Gasteiger partial charge is 0.0669 e. The maximum absolute atomic E-state index is 8.60. The Kier molecular flexibility index (Phi) is 2.20. The summed E-state index contributed by atoms with van der Waals surface area (Å²) in [6.45, 7) is 2.10. The van der Waals surface area contributed by atoms with E-state index in [1.54, 1.807) is 0 Å². The first-order valence-corrected chi connectivity index (χ1v) is 4.66. The lowest BCUT2D eigenvalue weighted by molar-refractivity contribution is 1.27. The van der Waals surface area contributed by atoms with Gasteiger partial charge in [-0.25, -0.2) is 0 Å². The molecule has 0 spiro atoms. The van der Waals surface area contributed by atoms with Gasteiger partial charge in [-0.05, 0) is 28.8 Å². The topological polar surface area (TPSA) is 23.8 Å². The zero-order chi connectivity index (χ0) is 9.97. The van der Waals surface area contributed by atoms with Gasteiger partial charge in [0.25, 0.3) is 0 Å². The van der Waals surface area contributed by atoms with E-state index in [0.29, 0.717) is 6.42 Å². The average molecular weight is 181 g/mol. The fourth-order valence-corrected chi connectivity index (χ4v) is 1.70. The van der Waals surface area contributed by atoms with Crippen LogP contribution in [0.2, 0.25) is 0 Å². The summed E-state index contributed by atoms with van der Waals surface area (Å²) in [7, 11) is 0. The summed E-state index contributed by atoms with van der Waals surface area (Å²) < 4.78 is 0. The molecule has 0 heterocycles. The van der Waals surface area contributed by atoms with E-state index >= 15 is 0 Å². The van der Waals surface area contributed by atoms with Gasteiger partial charge in [0.15, 0.2) is 0 Å². The zero-order valence-electron chi connectivity index (χ0n) is 8.12. The molecule has 68 valence electrons. The van der Waals surface area contributed by atoms with Crippen molar-refractivity contribution >= 4 is 10.8 Å². The van der Waals surface area contributed by atoms with Crippen LogP contribution in [0.3, 0.4) is 0 Å². The fraction of sp³-hybridized carbons (Fsp3) is 0.154. The minimum atomic E-state index is 0.490. The van der Waals surface area contributed by atoms with Crippen LogP contribution >= 0.6 is 0 Å². The maximum Gasteiger partial charge on any atom is 0.0669 e. The Hall–Kier alpha value is -1.81. The van der Waals surface area contributed by atoms with E-state index in [9.17, 15) is 0 Å². The molecule has 2 aromatic rings. The highest BCUT2D eigenvalue weighted by Gasteiger charge is 1.97. The Labute approximate surface area is 83.6 Å². The molecule has 0 unspecified atom stereocenters. The van der Waals surface area contributed by atoms with E-state index in [2.05, 4.69) is 37.3 Å². The molecule has 0 aliphatic heterocycles. The van der Waals surface area contributed by atoms with Crippen molar-refractivity contribution in [1.29, 1.82) is 5.26 Å². The van der Waals surface area contributed by atoms with E-state index in [4.69, 9.17) is 5.26 Å². The number of nitriles is 1. The number of fused-ring (bicyclic) bond motifs is 1. The molecule has 0 bridgehead atoms. The third kappa shape index (κ3) is 1.47. The lowest BCUT2D eigenvalue weighted by Crippen LogP contribution is -1.83. The van der Waals surface area contributed by atoms with Crippen molar-refractivity contribution in [3.63, 3.8) is 0 Å². The van der Waals surface area contributed by atoms with Crippen molar-refractivity contribution in [2.75, 3.05) is 0 Å². The molecule has 1 heteroatoms. The highest BCUT2D eigenvalue weighted by molar-refractivity contribution is 5.86. The van der Waals surface area contributed by atoms with Crippen LogP contribution in [0.5, 0.6) is 0 Å². The average Bonchev–Trinajstić information content (AvgIpc) is 2.18. The van der Waals surface area contributed by atoms with E-state index in [-0.39, 0.29) is 0 Å². The molecule has 0 aromatic heterocycles.